The summed E-state index contributed by atoms with van der Waals surface area (Å²) in [7, 11) is 0. The summed E-state index contributed by atoms with van der Waals surface area (Å²) < 4.78 is 19.0. The van der Waals surface area contributed by atoms with Gasteiger partial charge in [-0.15, -0.1) is 0 Å². The molecule has 1 N–H and O–H groups in total. The number of nitrogens with zero attached hydrogens (tertiary/aromatic N) is 1. The summed E-state index contributed by atoms with van der Waals surface area (Å²) in [6.45, 7) is 5.03. The summed E-state index contributed by atoms with van der Waals surface area (Å²) in [6, 6.07) is 12.6. The largest absolute Gasteiger partial charge is 0.473 e. The summed E-state index contributed by atoms with van der Waals surface area (Å²) in [5.74, 6) is 0.251. The normalized spacial score (nSPS) is 10.8. The van der Waals surface area contributed by atoms with Crippen LogP contribution in [0.4, 0.5) is 4.39 Å². The number of hydrogen-bond acceptors (Lipinski definition) is 3. The van der Waals surface area contributed by atoms with E-state index < -0.39 is 0 Å². The minimum Gasteiger partial charge on any atom is -0.473 e. The van der Waals surface area contributed by atoms with Crippen molar-refractivity contribution in [2.75, 3.05) is 0 Å². The molecule has 0 unspecified atom stereocenters. The van der Waals surface area contributed by atoms with Crippen LogP contribution in [0.5, 0.6) is 5.88 Å². The fourth-order valence-electron chi connectivity index (χ4n) is 1.71. The van der Waals surface area contributed by atoms with E-state index in [0.717, 1.165) is 5.69 Å². The Morgan fingerprint density at radius 2 is 1.95 bits per heavy atom. The monoisotopic (exact) mass is 274 g/mol. The highest BCUT2D eigenvalue weighted by Gasteiger charge is 2.03. The molecule has 0 saturated carbocycles. The molecular formula is C16H19FN2O. The lowest BCUT2D eigenvalue weighted by molar-refractivity contribution is 0.287. The molecule has 0 fully saturated rings. The Kier molecular flexibility index (Phi) is 5.07. The first-order chi connectivity index (χ1) is 9.65. The highest BCUT2D eigenvalue weighted by Crippen LogP contribution is 2.12. The minimum atomic E-state index is -0.259. The zero-order valence-electron chi connectivity index (χ0n) is 11.8. The Morgan fingerprint density at radius 1 is 1.15 bits per heavy atom. The van der Waals surface area contributed by atoms with Crippen molar-refractivity contribution in [2.45, 2.75) is 33.0 Å². The Morgan fingerprint density at radius 3 is 2.70 bits per heavy atom. The molecule has 0 aliphatic carbocycles. The number of pyridine rings is 1. The maximum absolute atomic E-state index is 13.5. The van der Waals surface area contributed by atoms with Crippen molar-refractivity contribution in [3.8, 4) is 5.88 Å². The molecule has 0 aliphatic heterocycles. The van der Waals surface area contributed by atoms with E-state index in [4.69, 9.17) is 4.74 Å². The molecule has 4 heteroatoms. The molecule has 20 heavy (non-hydrogen) atoms. The average Bonchev–Trinajstić information content (AvgIpc) is 2.45. The second kappa shape index (κ2) is 7.01. The predicted octanol–water partition coefficient (Wildman–Crippen LogP) is 3.30. The van der Waals surface area contributed by atoms with Crippen LogP contribution in [0.25, 0.3) is 0 Å². The van der Waals surface area contributed by atoms with Crippen molar-refractivity contribution < 1.29 is 9.13 Å². The first-order valence-corrected chi connectivity index (χ1v) is 6.70. The zero-order valence-corrected chi connectivity index (χ0v) is 11.8. The second-order valence-corrected chi connectivity index (χ2v) is 4.88. The van der Waals surface area contributed by atoms with Crippen LogP contribution in [0, 0.1) is 5.82 Å². The van der Waals surface area contributed by atoms with E-state index in [2.05, 4.69) is 24.1 Å². The molecule has 2 aromatic rings. The van der Waals surface area contributed by atoms with E-state index in [9.17, 15) is 4.39 Å². The Balaban J connectivity index is 1.96. The van der Waals surface area contributed by atoms with Gasteiger partial charge in [-0.1, -0.05) is 38.1 Å². The maximum atomic E-state index is 13.5. The average molecular weight is 274 g/mol. The third kappa shape index (κ3) is 4.31. The summed E-state index contributed by atoms with van der Waals surface area (Å²) in [6.07, 6.45) is 0. The lowest BCUT2D eigenvalue weighted by Gasteiger charge is -2.10. The third-order valence-electron chi connectivity index (χ3n) is 2.81. The predicted molar refractivity (Wildman–Crippen MR) is 76.9 cm³/mol. The SMILES string of the molecule is CC(C)NCc1cccc(OCc2ccccc2F)n1. The number of rotatable bonds is 6. The van der Waals surface area contributed by atoms with Crippen molar-refractivity contribution >= 4 is 0 Å². The van der Waals surface area contributed by atoms with Crippen LogP contribution in [-0.4, -0.2) is 11.0 Å². The molecule has 1 heterocycles. The molecule has 2 rings (SSSR count). The summed E-state index contributed by atoms with van der Waals surface area (Å²) in [5, 5.41) is 3.29. The minimum absolute atomic E-state index is 0.181. The van der Waals surface area contributed by atoms with Crippen LogP contribution < -0.4 is 10.1 Å². The highest BCUT2D eigenvalue weighted by molar-refractivity contribution is 5.19. The number of hydrogen-bond donors (Lipinski definition) is 1. The van der Waals surface area contributed by atoms with Gasteiger partial charge in [0.15, 0.2) is 0 Å². The second-order valence-electron chi connectivity index (χ2n) is 4.88. The van der Waals surface area contributed by atoms with Crippen molar-refractivity contribution in [1.29, 1.82) is 0 Å². The van der Waals surface area contributed by atoms with Gasteiger partial charge in [-0.25, -0.2) is 9.37 Å². The Bertz CT molecular complexity index is 558. The molecule has 106 valence electrons. The van der Waals surface area contributed by atoms with Crippen LogP contribution in [0.15, 0.2) is 42.5 Å². The first kappa shape index (κ1) is 14.5. The highest BCUT2D eigenvalue weighted by atomic mass is 19.1. The van der Waals surface area contributed by atoms with Gasteiger partial charge >= 0.3 is 0 Å². The van der Waals surface area contributed by atoms with E-state index in [1.165, 1.54) is 6.07 Å². The lowest BCUT2D eigenvalue weighted by Crippen LogP contribution is -2.22. The van der Waals surface area contributed by atoms with E-state index in [1.54, 1.807) is 24.3 Å². The summed E-state index contributed by atoms with van der Waals surface area (Å²) >= 11 is 0. The van der Waals surface area contributed by atoms with Crippen molar-refractivity contribution in [3.63, 3.8) is 0 Å². The van der Waals surface area contributed by atoms with Crippen molar-refractivity contribution in [1.82, 2.24) is 10.3 Å². The van der Waals surface area contributed by atoms with Gasteiger partial charge in [0.1, 0.15) is 12.4 Å². The number of aromatic nitrogens is 1. The molecule has 0 bridgehead atoms. The van der Waals surface area contributed by atoms with Crippen LogP contribution in [0.2, 0.25) is 0 Å². The third-order valence-corrected chi connectivity index (χ3v) is 2.81. The van der Waals surface area contributed by atoms with Gasteiger partial charge < -0.3 is 10.1 Å². The fraction of sp³-hybridized carbons (Fsp3) is 0.312. The van der Waals surface area contributed by atoms with E-state index in [1.807, 2.05) is 12.1 Å². The smallest absolute Gasteiger partial charge is 0.213 e. The van der Waals surface area contributed by atoms with Crippen LogP contribution in [0.3, 0.4) is 0 Å². The first-order valence-electron chi connectivity index (χ1n) is 6.70. The molecule has 0 atom stereocenters. The van der Waals surface area contributed by atoms with E-state index in [-0.39, 0.29) is 12.4 Å². The van der Waals surface area contributed by atoms with E-state index >= 15 is 0 Å². The van der Waals surface area contributed by atoms with Gasteiger partial charge in [0.05, 0.1) is 5.69 Å². The molecule has 0 saturated heterocycles. The number of benzene rings is 1. The van der Waals surface area contributed by atoms with Crippen LogP contribution >= 0.6 is 0 Å². The number of halogens is 1. The Hall–Kier alpha value is -1.94. The molecule has 0 amide bonds. The lowest BCUT2D eigenvalue weighted by atomic mass is 10.2. The molecule has 1 aromatic heterocycles. The van der Waals surface area contributed by atoms with Gasteiger partial charge in [-0.2, -0.15) is 0 Å². The molecule has 0 radical (unpaired) electrons. The van der Waals surface area contributed by atoms with Crippen LogP contribution in [0.1, 0.15) is 25.1 Å². The topological polar surface area (TPSA) is 34.1 Å². The molecule has 0 aliphatic rings. The van der Waals surface area contributed by atoms with Gasteiger partial charge in [-0.3, -0.25) is 0 Å². The van der Waals surface area contributed by atoms with Gasteiger partial charge in [0.2, 0.25) is 5.88 Å². The fourth-order valence-corrected chi connectivity index (χ4v) is 1.71. The number of ether oxygens (including phenoxy) is 1. The quantitative estimate of drug-likeness (QED) is 0.877. The Labute approximate surface area is 118 Å². The molecule has 3 nitrogen and oxygen atoms in total. The summed E-state index contributed by atoms with van der Waals surface area (Å²) in [4.78, 5) is 4.38. The van der Waals surface area contributed by atoms with Gasteiger partial charge in [-0.05, 0) is 12.1 Å². The molecule has 1 aromatic carbocycles. The zero-order chi connectivity index (χ0) is 14.4. The van der Waals surface area contributed by atoms with Gasteiger partial charge in [0.25, 0.3) is 0 Å². The molecule has 0 spiro atoms. The van der Waals surface area contributed by atoms with Crippen molar-refractivity contribution in [2.24, 2.45) is 0 Å². The van der Waals surface area contributed by atoms with Crippen LogP contribution in [-0.2, 0) is 13.2 Å². The summed E-state index contributed by atoms with van der Waals surface area (Å²) in [5.41, 5.74) is 1.43. The molecular weight excluding hydrogens is 255 g/mol. The standard InChI is InChI=1S/C16H19FN2O/c1-12(2)18-10-14-7-5-9-16(19-14)20-11-13-6-3-4-8-15(13)17/h3-9,12,18H,10-11H2,1-2H3. The van der Waals surface area contributed by atoms with Crippen molar-refractivity contribution in [3.05, 3.63) is 59.5 Å². The van der Waals surface area contributed by atoms with E-state index in [0.29, 0.717) is 24.0 Å². The van der Waals surface area contributed by atoms with Gasteiger partial charge in [0, 0.05) is 24.2 Å². The maximum Gasteiger partial charge on any atom is 0.213 e. The number of nitrogens with one attached hydrogen (secondary N) is 1.